The number of esters is 1. The Kier molecular flexibility index (Phi) is 12.8. The Balaban J connectivity index is 3.66. The van der Waals surface area contributed by atoms with E-state index in [0.717, 1.165) is 12.8 Å². The predicted molar refractivity (Wildman–Crippen MR) is 73.2 cm³/mol. The van der Waals surface area contributed by atoms with Crippen molar-refractivity contribution >= 4 is 12.4 Å². The van der Waals surface area contributed by atoms with Crippen LogP contribution in [-0.4, -0.2) is 56.6 Å². The molecule has 0 aromatic heterocycles. The molecule has 0 aromatic rings. The van der Waals surface area contributed by atoms with Crippen molar-refractivity contribution in [2.75, 3.05) is 33.0 Å². The number of rotatable bonds is 15. The van der Waals surface area contributed by atoms with Gasteiger partial charge >= 0.3 is 5.97 Å². The number of hydrogen-bond acceptors (Lipinski definition) is 9. The summed E-state index contributed by atoms with van der Waals surface area (Å²) < 4.78 is 14.7. The first-order valence-electron chi connectivity index (χ1n) is 6.90. The highest BCUT2D eigenvalue weighted by Gasteiger charge is 2.15. The molecule has 0 saturated heterocycles. The lowest BCUT2D eigenvalue weighted by Crippen LogP contribution is -2.21. The second-order valence-corrected chi connectivity index (χ2v) is 4.23. The van der Waals surface area contributed by atoms with Crippen LogP contribution in [0.15, 0.2) is 0 Å². The highest BCUT2D eigenvalue weighted by Crippen LogP contribution is 2.09. The van der Waals surface area contributed by atoms with Gasteiger partial charge in [0, 0.05) is 0 Å². The average Bonchev–Trinajstić information content (AvgIpc) is 2.46. The fraction of sp³-hybridized carbons (Fsp3) is 0.833. The monoisotopic (exact) mass is 322 g/mol. The normalized spacial score (nSPS) is 11.5. The summed E-state index contributed by atoms with van der Waals surface area (Å²) in [6, 6.07) is 0. The van der Waals surface area contributed by atoms with Gasteiger partial charge in [0.2, 0.25) is 0 Å². The highest BCUT2D eigenvalue weighted by molar-refractivity contribution is 5.70. The van der Waals surface area contributed by atoms with E-state index in [-0.39, 0.29) is 32.8 Å². The van der Waals surface area contributed by atoms with Crippen LogP contribution in [0.4, 0.5) is 0 Å². The zero-order valence-electron chi connectivity index (χ0n) is 12.3. The zero-order chi connectivity index (χ0) is 16.6. The summed E-state index contributed by atoms with van der Waals surface area (Å²) in [4.78, 5) is 35.8. The summed E-state index contributed by atoms with van der Waals surface area (Å²) in [7, 11) is 0. The minimum Gasteiger partial charge on any atom is -0.464 e. The first-order chi connectivity index (χ1) is 10.6. The molecule has 0 heterocycles. The summed E-state index contributed by atoms with van der Waals surface area (Å²) in [6.07, 6.45) is 1.52. The molecule has 0 amide bonds. The summed E-state index contributed by atoms with van der Waals surface area (Å²) in [5.74, 6) is -0.510. The maximum absolute atomic E-state index is 11.5. The van der Waals surface area contributed by atoms with E-state index >= 15 is 0 Å². The summed E-state index contributed by atoms with van der Waals surface area (Å²) in [5, 5.41) is 8.93. The number of ether oxygens (including phenoxy) is 3. The van der Waals surface area contributed by atoms with Crippen molar-refractivity contribution in [3.8, 4) is 0 Å². The van der Waals surface area contributed by atoms with Gasteiger partial charge in [-0.3, -0.25) is 9.59 Å². The van der Waals surface area contributed by atoms with Gasteiger partial charge in [-0.25, -0.2) is 0 Å². The number of carbonyl (C=O) groups is 2. The number of nitrogens with two attached hydrogens (primary N) is 1. The van der Waals surface area contributed by atoms with Gasteiger partial charge in [0.05, 0.1) is 19.6 Å². The third-order valence-corrected chi connectivity index (χ3v) is 2.54. The lowest BCUT2D eigenvalue weighted by Gasteiger charge is -2.14. The molecule has 0 spiro atoms. The summed E-state index contributed by atoms with van der Waals surface area (Å²) in [6.45, 7) is 0.785. The van der Waals surface area contributed by atoms with Crippen LogP contribution in [0.5, 0.6) is 0 Å². The van der Waals surface area contributed by atoms with E-state index in [1.807, 2.05) is 0 Å². The van der Waals surface area contributed by atoms with Crippen molar-refractivity contribution in [2.45, 2.75) is 31.8 Å². The van der Waals surface area contributed by atoms with E-state index in [1.165, 1.54) is 0 Å². The van der Waals surface area contributed by atoms with Crippen LogP contribution in [0.25, 0.3) is 0 Å². The Morgan fingerprint density at radius 3 is 2.59 bits per heavy atom. The average molecular weight is 322 g/mol. The molecule has 0 aromatic carbocycles. The molecular formula is C12H22N2O8. The van der Waals surface area contributed by atoms with Crippen LogP contribution in [-0.2, 0) is 28.6 Å². The van der Waals surface area contributed by atoms with Gasteiger partial charge in [0.25, 0.3) is 11.6 Å². The van der Waals surface area contributed by atoms with Crippen LogP contribution in [0.3, 0.4) is 0 Å². The number of carbonyl (C=O) groups excluding carboxylic acids is 2. The number of unbranched alkanes of at least 4 members (excludes halogenated alkanes) is 1. The first-order valence-corrected chi connectivity index (χ1v) is 6.90. The molecule has 2 N–H and O–H groups in total. The number of hydrogen-bond donors (Lipinski definition) is 1. The second-order valence-electron chi connectivity index (χ2n) is 4.23. The molecule has 10 heteroatoms. The standard InChI is InChI=1S/C12H22N2O8/c13-4-2-1-3-11(21-10-15)9-12(16)20-7-5-19-6-8-22-14(17)18/h10-11H,1-9,13H2. The Bertz CT molecular complexity index is 326. The van der Waals surface area contributed by atoms with E-state index in [2.05, 4.69) is 4.84 Å². The van der Waals surface area contributed by atoms with Crippen molar-refractivity contribution < 1.29 is 33.7 Å². The quantitative estimate of drug-likeness (QED) is 0.143. The topological polar surface area (TPSA) is 140 Å². The molecular weight excluding hydrogens is 300 g/mol. The lowest BCUT2D eigenvalue weighted by atomic mass is 10.1. The molecule has 0 saturated carbocycles. The fourth-order valence-electron chi connectivity index (χ4n) is 1.55. The van der Waals surface area contributed by atoms with Crippen molar-refractivity contribution in [2.24, 2.45) is 5.73 Å². The van der Waals surface area contributed by atoms with Gasteiger partial charge in [-0.05, 0) is 25.8 Å². The molecule has 1 unspecified atom stereocenters. The van der Waals surface area contributed by atoms with Gasteiger partial charge in [-0.15, -0.1) is 10.1 Å². The minimum absolute atomic E-state index is 0.00784. The van der Waals surface area contributed by atoms with Crippen LogP contribution in [0, 0.1) is 10.1 Å². The minimum atomic E-state index is -0.915. The lowest BCUT2D eigenvalue weighted by molar-refractivity contribution is -0.758. The summed E-state index contributed by atoms with van der Waals surface area (Å²) in [5.41, 5.74) is 5.36. The molecule has 22 heavy (non-hydrogen) atoms. The molecule has 10 nitrogen and oxygen atoms in total. The van der Waals surface area contributed by atoms with E-state index in [4.69, 9.17) is 19.9 Å². The maximum Gasteiger partial charge on any atom is 0.309 e. The Labute approximate surface area is 127 Å². The van der Waals surface area contributed by atoms with Gasteiger partial charge in [-0.1, -0.05) is 0 Å². The van der Waals surface area contributed by atoms with Gasteiger partial charge < -0.3 is 24.8 Å². The molecule has 1 atom stereocenters. The van der Waals surface area contributed by atoms with Crippen molar-refractivity contribution in [1.82, 2.24) is 0 Å². The second kappa shape index (κ2) is 14.0. The Hall–Kier alpha value is -1.94. The maximum atomic E-state index is 11.5. The summed E-state index contributed by atoms with van der Waals surface area (Å²) >= 11 is 0. The molecule has 0 aliphatic carbocycles. The van der Waals surface area contributed by atoms with Crippen LogP contribution >= 0.6 is 0 Å². The van der Waals surface area contributed by atoms with Crippen LogP contribution < -0.4 is 5.73 Å². The van der Waals surface area contributed by atoms with Crippen LogP contribution in [0.1, 0.15) is 25.7 Å². The van der Waals surface area contributed by atoms with E-state index in [1.54, 1.807) is 0 Å². The Morgan fingerprint density at radius 2 is 1.95 bits per heavy atom. The molecule has 0 aliphatic rings. The fourth-order valence-corrected chi connectivity index (χ4v) is 1.55. The zero-order valence-corrected chi connectivity index (χ0v) is 12.3. The third-order valence-electron chi connectivity index (χ3n) is 2.54. The Morgan fingerprint density at radius 1 is 1.23 bits per heavy atom. The van der Waals surface area contributed by atoms with Crippen molar-refractivity contribution in [3.63, 3.8) is 0 Å². The largest absolute Gasteiger partial charge is 0.464 e. The van der Waals surface area contributed by atoms with E-state index < -0.39 is 17.2 Å². The smallest absolute Gasteiger partial charge is 0.309 e. The molecule has 0 aliphatic heterocycles. The van der Waals surface area contributed by atoms with Crippen LogP contribution in [0.2, 0.25) is 0 Å². The van der Waals surface area contributed by atoms with E-state index in [9.17, 15) is 19.7 Å². The third kappa shape index (κ3) is 13.1. The molecule has 128 valence electrons. The molecule has 0 rings (SSSR count). The molecule has 0 radical (unpaired) electrons. The van der Waals surface area contributed by atoms with Crippen molar-refractivity contribution in [3.05, 3.63) is 10.1 Å². The molecule has 0 fully saturated rings. The first kappa shape index (κ1) is 20.1. The predicted octanol–water partition coefficient (Wildman–Crippen LogP) is -0.185. The van der Waals surface area contributed by atoms with Gasteiger partial charge in [0.1, 0.15) is 19.3 Å². The number of nitrogens with zero attached hydrogens (tertiary/aromatic N) is 1. The highest BCUT2D eigenvalue weighted by atomic mass is 17.0. The SMILES string of the molecule is NCCCCC(CC(=O)OCCOCCO[N+](=O)[O-])OC=O. The van der Waals surface area contributed by atoms with Gasteiger partial charge in [-0.2, -0.15) is 0 Å². The van der Waals surface area contributed by atoms with E-state index in [0.29, 0.717) is 19.4 Å². The van der Waals surface area contributed by atoms with Gasteiger partial charge in [0.15, 0.2) is 0 Å². The van der Waals surface area contributed by atoms with Crippen molar-refractivity contribution in [1.29, 1.82) is 0 Å². The molecule has 0 bridgehead atoms.